The Morgan fingerprint density at radius 1 is 1.11 bits per heavy atom. The molecule has 2 aromatic carbocycles. The van der Waals surface area contributed by atoms with Gasteiger partial charge in [0.05, 0.1) is 18.3 Å². The zero-order chi connectivity index (χ0) is 26.7. The Bertz CT molecular complexity index is 1350. The number of aromatic hydroxyl groups is 1. The zero-order valence-corrected chi connectivity index (χ0v) is 22.4. The number of nitrogens with zero attached hydrogens (tertiary/aromatic N) is 2. The van der Waals surface area contributed by atoms with Gasteiger partial charge in [0.25, 0.3) is 0 Å². The molecule has 0 unspecified atom stereocenters. The summed E-state index contributed by atoms with van der Waals surface area (Å²) in [6.45, 7) is 5.41. The number of amides is 1. The smallest absolute Gasteiger partial charge is 0.411 e. The lowest BCUT2D eigenvalue weighted by Gasteiger charge is -2.27. The number of carbonyl (C=O) groups excluding carboxylic acids is 1. The van der Waals surface area contributed by atoms with Crippen molar-refractivity contribution < 1.29 is 19.0 Å². The number of H-pyrrole nitrogens is 1. The normalized spacial score (nSPS) is 22.3. The number of fused-ring (bicyclic) bond motifs is 2. The number of aromatic nitrogens is 2. The molecule has 2 aliphatic carbocycles. The number of aromatic amines is 1. The van der Waals surface area contributed by atoms with Crippen molar-refractivity contribution in [1.82, 2.24) is 14.9 Å². The van der Waals surface area contributed by atoms with Gasteiger partial charge in [-0.25, -0.2) is 14.2 Å². The molecule has 6 nitrogen and oxygen atoms in total. The maximum atomic E-state index is 14.4. The second-order valence-electron chi connectivity index (χ2n) is 12.2. The monoisotopic (exact) mass is 517 g/mol. The molecular formula is C31H36FN3O3. The minimum absolute atomic E-state index is 0.00273. The number of likely N-dealkylation sites (tertiary alicyclic amines) is 1. The molecule has 0 radical (unpaired) electrons. The molecular weight excluding hydrogens is 481 g/mol. The molecule has 1 saturated heterocycles. The van der Waals surface area contributed by atoms with Gasteiger partial charge >= 0.3 is 6.09 Å². The van der Waals surface area contributed by atoms with Crippen LogP contribution in [-0.4, -0.2) is 44.4 Å². The van der Waals surface area contributed by atoms with Gasteiger partial charge in [0.1, 0.15) is 23.3 Å². The highest BCUT2D eigenvalue weighted by atomic mass is 19.1. The molecule has 1 amide bonds. The van der Waals surface area contributed by atoms with E-state index in [0.717, 1.165) is 35.2 Å². The standard InChI is InChI=1S/C31H36FN3O3/c1-30(2,3)38-29(37)35-18-21(32)16-25(35)28-33-17-24(34-28)20-8-6-19(7-9-20)22-10-11-26(36)23-12-15-31(27(22)23)13-4-5-14-31/h6-11,17,21,25,36H,4-5,12-16,18H2,1-3H3,(H,33,34)/t21-,25-/m0/s1. The van der Waals surface area contributed by atoms with Crippen LogP contribution < -0.4 is 0 Å². The number of imidazole rings is 1. The van der Waals surface area contributed by atoms with Crippen molar-refractivity contribution in [3.05, 3.63) is 59.5 Å². The summed E-state index contributed by atoms with van der Waals surface area (Å²) in [6, 6.07) is 11.8. The first-order valence-corrected chi connectivity index (χ1v) is 13.8. The number of halogens is 1. The zero-order valence-electron chi connectivity index (χ0n) is 22.4. The Morgan fingerprint density at radius 3 is 2.53 bits per heavy atom. The van der Waals surface area contributed by atoms with E-state index < -0.39 is 23.9 Å². The topological polar surface area (TPSA) is 78.4 Å². The molecule has 1 saturated carbocycles. The summed E-state index contributed by atoms with van der Waals surface area (Å²) >= 11 is 0. The number of carbonyl (C=O) groups is 1. The van der Waals surface area contributed by atoms with Gasteiger partial charge < -0.3 is 14.8 Å². The van der Waals surface area contributed by atoms with Gasteiger partial charge in [0, 0.05) is 18.2 Å². The van der Waals surface area contributed by atoms with E-state index in [1.807, 2.05) is 12.3 Å². The largest absolute Gasteiger partial charge is 0.508 e. The lowest BCUT2D eigenvalue weighted by molar-refractivity contribution is 0.0211. The molecule has 0 bridgehead atoms. The average Bonchev–Trinajstić information content (AvgIpc) is 3.67. The van der Waals surface area contributed by atoms with Crippen molar-refractivity contribution in [3.8, 4) is 28.1 Å². The van der Waals surface area contributed by atoms with E-state index in [9.17, 15) is 14.3 Å². The van der Waals surface area contributed by atoms with Crippen LogP contribution in [-0.2, 0) is 16.6 Å². The molecule has 200 valence electrons. The molecule has 6 rings (SSSR count). The fourth-order valence-corrected chi connectivity index (χ4v) is 6.82. The number of nitrogens with one attached hydrogen (secondary N) is 1. The van der Waals surface area contributed by atoms with Gasteiger partial charge in [-0.3, -0.25) is 4.90 Å². The van der Waals surface area contributed by atoms with E-state index in [1.54, 1.807) is 20.8 Å². The van der Waals surface area contributed by atoms with Gasteiger partial charge in [-0.15, -0.1) is 0 Å². The number of ether oxygens (including phenoxy) is 1. The number of benzene rings is 2. The Morgan fingerprint density at radius 2 is 1.82 bits per heavy atom. The van der Waals surface area contributed by atoms with Crippen LogP contribution in [0.4, 0.5) is 9.18 Å². The second kappa shape index (κ2) is 9.14. The van der Waals surface area contributed by atoms with Crippen molar-refractivity contribution in [2.45, 2.75) is 88.9 Å². The van der Waals surface area contributed by atoms with Gasteiger partial charge in [-0.2, -0.15) is 0 Å². The molecule has 2 N–H and O–H groups in total. The van der Waals surface area contributed by atoms with Crippen molar-refractivity contribution in [1.29, 1.82) is 0 Å². The van der Waals surface area contributed by atoms with Crippen LogP contribution in [0.5, 0.6) is 5.75 Å². The third kappa shape index (κ3) is 4.36. The van der Waals surface area contributed by atoms with Gasteiger partial charge in [0.2, 0.25) is 0 Å². The molecule has 2 heterocycles. The van der Waals surface area contributed by atoms with Crippen LogP contribution in [0.25, 0.3) is 22.4 Å². The van der Waals surface area contributed by atoms with E-state index >= 15 is 0 Å². The van der Waals surface area contributed by atoms with Gasteiger partial charge in [0.15, 0.2) is 0 Å². The predicted molar refractivity (Wildman–Crippen MR) is 145 cm³/mol. The second-order valence-corrected chi connectivity index (χ2v) is 12.2. The van der Waals surface area contributed by atoms with E-state index in [-0.39, 0.29) is 18.4 Å². The van der Waals surface area contributed by atoms with Crippen molar-refractivity contribution in [3.63, 3.8) is 0 Å². The lowest BCUT2D eigenvalue weighted by Crippen LogP contribution is -2.37. The molecule has 1 aliphatic heterocycles. The number of hydrogen-bond donors (Lipinski definition) is 2. The highest BCUT2D eigenvalue weighted by molar-refractivity contribution is 5.76. The summed E-state index contributed by atoms with van der Waals surface area (Å²) in [7, 11) is 0. The number of hydrogen-bond acceptors (Lipinski definition) is 4. The molecule has 2 atom stereocenters. The molecule has 7 heteroatoms. The third-order valence-corrected chi connectivity index (χ3v) is 8.52. The van der Waals surface area contributed by atoms with Crippen molar-refractivity contribution in [2.24, 2.45) is 0 Å². The minimum atomic E-state index is -1.12. The number of rotatable bonds is 3. The minimum Gasteiger partial charge on any atom is -0.508 e. The van der Waals surface area contributed by atoms with Crippen LogP contribution in [0.2, 0.25) is 0 Å². The van der Waals surface area contributed by atoms with E-state index in [4.69, 9.17) is 9.72 Å². The van der Waals surface area contributed by atoms with Crippen LogP contribution in [0.3, 0.4) is 0 Å². The highest BCUT2D eigenvalue weighted by Crippen LogP contribution is 2.55. The first kappa shape index (κ1) is 25.0. The molecule has 1 spiro atoms. The fraction of sp³-hybridized carbons (Fsp3) is 0.484. The SMILES string of the molecule is CC(C)(C)OC(=O)N1C[C@@H](F)C[C@H]1c1nc(-c2ccc(-c3ccc(O)c4c3C3(CCCC3)CC4)cc2)c[nH]1. The van der Waals surface area contributed by atoms with E-state index in [0.29, 0.717) is 11.6 Å². The Kier molecular flexibility index (Phi) is 6.00. The summed E-state index contributed by atoms with van der Waals surface area (Å²) in [4.78, 5) is 22.1. The lowest BCUT2D eigenvalue weighted by atomic mass is 9.77. The summed E-state index contributed by atoms with van der Waals surface area (Å²) in [6.07, 6.45) is 7.36. The number of alkyl halides is 1. The van der Waals surface area contributed by atoms with Crippen molar-refractivity contribution in [2.75, 3.05) is 6.54 Å². The summed E-state index contributed by atoms with van der Waals surface area (Å²) in [5.74, 6) is 0.991. The molecule has 1 aromatic heterocycles. The number of phenols is 1. The Labute approximate surface area is 223 Å². The highest BCUT2D eigenvalue weighted by Gasteiger charge is 2.44. The molecule has 3 aliphatic rings. The van der Waals surface area contributed by atoms with Crippen LogP contribution in [0, 0.1) is 0 Å². The quantitative estimate of drug-likeness (QED) is 0.384. The molecule has 3 aromatic rings. The number of phenolic OH excluding ortho intramolecular Hbond substituents is 1. The Hall–Kier alpha value is -3.35. The predicted octanol–water partition coefficient (Wildman–Crippen LogP) is 7.23. The first-order valence-electron chi connectivity index (χ1n) is 13.8. The maximum Gasteiger partial charge on any atom is 0.411 e. The first-order chi connectivity index (χ1) is 18.1. The average molecular weight is 518 g/mol. The van der Waals surface area contributed by atoms with E-state index in [2.05, 4.69) is 35.3 Å². The van der Waals surface area contributed by atoms with Crippen LogP contribution in [0.15, 0.2) is 42.6 Å². The van der Waals surface area contributed by atoms with Crippen LogP contribution >= 0.6 is 0 Å². The summed E-state index contributed by atoms with van der Waals surface area (Å²) in [5.41, 5.74) is 6.09. The van der Waals surface area contributed by atoms with E-state index in [1.165, 1.54) is 41.7 Å². The fourth-order valence-electron chi connectivity index (χ4n) is 6.82. The summed E-state index contributed by atoms with van der Waals surface area (Å²) < 4.78 is 19.9. The van der Waals surface area contributed by atoms with Crippen molar-refractivity contribution >= 4 is 6.09 Å². The molecule has 2 fully saturated rings. The van der Waals surface area contributed by atoms with Gasteiger partial charge in [-0.05, 0) is 80.2 Å². The van der Waals surface area contributed by atoms with Gasteiger partial charge in [-0.1, -0.05) is 43.2 Å². The summed E-state index contributed by atoms with van der Waals surface area (Å²) in [5, 5.41) is 10.6. The third-order valence-electron chi connectivity index (χ3n) is 8.52. The van der Waals surface area contributed by atoms with Crippen LogP contribution in [0.1, 0.15) is 82.3 Å². The Balaban J connectivity index is 1.26. The maximum absolute atomic E-state index is 14.4. The molecule has 38 heavy (non-hydrogen) atoms.